The Morgan fingerprint density at radius 2 is 1.94 bits per heavy atom. The fraction of sp³-hybridized carbons (Fsp3) is 0.280. The van der Waals surface area contributed by atoms with Crippen LogP contribution in [0.3, 0.4) is 0 Å². The van der Waals surface area contributed by atoms with Gasteiger partial charge in [0.05, 0.1) is 11.1 Å². The van der Waals surface area contributed by atoms with Gasteiger partial charge in [0.25, 0.3) is 0 Å². The standard InChI is InChI=1S/C25H22ClN3O5/c1-14(30)29-19(11-25(2)12-21(31)27-24(25)29)16-8-4-6-10-20(16)34-23(32)17-13-33-28-22(17)15-7-3-5-9-18(15)26/h3-10,13,19,24H,11-12H2,1-2H3,(H,27,31). The summed E-state index contributed by atoms with van der Waals surface area (Å²) >= 11 is 6.28. The van der Waals surface area contributed by atoms with E-state index in [4.69, 9.17) is 20.9 Å². The molecule has 2 aliphatic heterocycles. The van der Waals surface area contributed by atoms with Crippen LogP contribution in [-0.4, -0.2) is 34.0 Å². The smallest absolute Gasteiger partial charge is 0.349 e. The van der Waals surface area contributed by atoms with Crippen molar-refractivity contribution >= 4 is 29.4 Å². The third-order valence-electron chi connectivity index (χ3n) is 6.56. The van der Waals surface area contributed by atoms with Gasteiger partial charge in [-0.1, -0.05) is 60.1 Å². The number of esters is 1. The monoisotopic (exact) mass is 479 g/mol. The largest absolute Gasteiger partial charge is 0.422 e. The molecule has 0 saturated carbocycles. The van der Waals surface area contributed by atoms with Gasteiger partial charge in [0.1, 0.15) is 29.4 Å². The second-order valence-corrected chi connectivity index (χ2v) is 9.34. The minimum atomic E-state index is -0.657. The molecule has 3 heterocycles. The summed E-state index contributed by atoms with van der Waals surface area (Å²) in [6.07, 6.45) is 1.71. The molecule has 3 aromatic rings. The zero-order valence-corrected chi connectivity index (χ0v) is 19.3. The normalized spacial score (nSPS) is 23.5. The van der Waals surface area contributed by atoms with Crippen molar-refractivity contribution < 1.29 is 23.6 Å². The number of nitrogens with one attached hydrogen (secondary N) is 1. The number of ether oxygens (including phenoxy) is 1. The highest BCUT2D eigenvalue weighted by molar-refractivity contribution is 6.33. The van der Waals surface area contributed by atoms with Gasteiger partial charge in [0.15, 0.2) is 0 Å². The molecule has 2 aliphatic rings. The molecular formula is C25H22ClN3O5. The summed E-state index contributed by atoms with van der Waals surface area (Å²) in [7, 11) is 0. The van der Waals surface area contributed by atoms with Gasteiger partial charge in [-0.2, -0.15) is 0 Å². The van der Waals surface area contributed by atoms with Crippen molar-refractivity contribution in [2.45, 2.75) is 38.9 Å². The van der Waals surface area contributed by atoms with Crippen LogP contribution in [0.25, 0.3) is 11.3 Å². The number of benzene rings is 2. The van der Waals surface area contributed by atoms with E-state index in [1.54, 1.807) is 41.3 Å². The molecule has 0 bridgehead atoms. The van der Waals surface area contributed by atoms with E-state index < -0.39 is 17.6 Å². The Balaban J connectivity index is 1.47. The lowest BCUT2D eigenvalue weighted by Crippen LogP contribution is -2.46. The molecule has 5 rings (SSSR count). The van der Waals surface area contributed by atoms with Crippen molar-refractivity contribution in [2.75, 3.05) is 0 Å². The number of para-hydroxylation sites is 1. The number of likely N-dealkylation sites (tertiary alicyclic amines) is 1. The SMILES string of the molecule is CC(=O)N1C(c2ccccc2OC(=O)c2conc2-c2ccccc2Cl)CC2(C)CC(=O)NC12. The topological polar surface area (TPSA) is 102 Å². The molecule has 2 saturated heterocycles. The number of aromatic nitrogens is 1. The van der Waals surface area contributed by atoms with Gasteiger partial charge in [-0.15, -0.1) is 0 Å². The molecule has 34 heavy (non-hydrogen) atoms. The van der Waals surface area contributed by atoms with Gasteiger partial charge in [-0.3, -0.25) is 9.59 Å². The van der Waals surface area contributed by atoms with Crippen LogP contribution in [-0.2, 0) is 9.59 Å². The molecule has 1 aromatic heterocycles. The Morgan fingerprint density at radius 3 is 2.71 bits per heavy atom. The summed E-state index contributed by atoms with van der Waals surface area (Å²) in [6.45, 7) is 3.47. The first kappa shape index (κ1) is 22.2. The van der Waals surface area contributed by atoms with Gasteiger partial charge in [-0.25, -0.2) is 4.79 Å². The van der Waals surface area contributed by atoms with Gasteiger partial charge < -0.3 is 19.5 Å². The Hall–Kier alpha value is -3.65. The third kappa shape index (κ3) is 3.64. The maximum absolute atomic E-state index is 13.2. The van der Waals surface area contributed by atoms with E-state index >= 15 is 0 Å². The lowest BCUT2D eigenvalue weighted by Gasteiger charge is -2.30. The van der Waals surface area contributed by atoms with Crippen molar-refractivity contribution in [3.63, 3.8) is 0 Å². The molecule has 2 aromatic carbocycles. The Labute approximate surface area is 200 Å². The first-order valence-electron chi connectivity index (χ1n) is 10.9. The lowest BCUT2D eigenvalue weighted by atomic mass is 9.83. The van der Waals surface area contributed by atoms with Gasteiger partial charge in [0, 0.05) is 29.9 Å². The fourth-order valence-electron chi connectivity index (χ4n) is 5.04. The van der Waals surface area contributed by atoms with Crippen LogP contribution in [0.1, 0.15) is 48.7 Å². The van der Waals surface area contributed by atoms with E-state index in [1.807, 2.05) is 19.1 Å². The molecule has 0 radical (unpaired) electrons. The van der Waals surface area contributed by atoms with Crippen molar-refractivity contribution in [1.29, 1.82) is 0 Å². The number of amides is 2. The molecular weight excluding hydrogens is 458 g/mol. The summed E-state index contributed by atoms with van der Waals surface area (Å²) in [5.74, 6) is -0.570. The van der Waals surface area contributed by atoms with Crippen molar-refractivity contribution in [3.8, 4) is 17.0 Å². The van der Waals surface area contributed by atoms with Crippen LogP contribution in [0.4, 0.5) is 0 Å². The first-order chi connectivity index (χ1) is 16.3. The molecule has 1 N–H and O–H groups in total. The second kappa shape index (κ2) is 8.29. The predicted octanol–water partition coefficient (Wildman–Crippen LogP) is 4.36. The first-order valence-corrected chi connectivity index (χ1v) is 11.2. The van der Waals surface area contributed by atoms with Crippen LogP contribution in [0.2, 0.25) is 5.02 Å². The number of nitrogens with zero attached hydrogens (tertiary/aromatic N) is 2. The van der Waals surface area contributed by atoms with Crippen LogP contribution in [0.5, 0.6) is 5.75 Å². The van der Waals surface area contributed by atoms with Crippen molar-refractivity contribution in [2.24, 2.45) is 5.41 Å². The molecule has 9 heteroatoms. The molecule has 0 spiro atoms. The number of hydrogen-bond donors (Lipinski definition) is 1. The fourth-order valence-corrected chi connectivity index (χ4v) is 5.27. The Morgan fingerprint density at radius 1 is 1.21 bits per heavy atom. The van der Waals surface area contributed by atoms with Crippen LogP contribution in [0, 0.1) is 5.41 Å². The second-order valence-electron chi connectivity index (χ2n) is 8.93. The highest BCUT2D eigenvalue weighted by atomic mass is 35.5. The average molecular weight is 480 g/mol. The third-order valence-corrected chi connectivity index (χ3v) is 6.89. The summed E-state index contributed by atoms with van der Waals surface area (Å²) in [5.41, 5.74) is 1.24. The molecule has 0 aliphatic carbocycles. The maximum Gasteiger partial charge on any atom is 0.349 e. The number of hydrogen-bond acceptors (Lipinski definition) is 6. The Kier molecular flexibility index (Phi) is 5.40. The Bertz CT molecular complexity index is 1300. The van der Waals surface area contributed by atoms with E-state index in [9.17, 15) is 14.4 Å². The molecule has 2 amide bonds. The summed E-state index contributed by atoms with van der Waals surface area (Å²) in [6, 6.07) is 13.7. The number of carbonyl (C=O) groups excluding carboxylic acids is 3. The van der Waals surface area contributed by atoms with Crippen molar-refractivity contribution in [3.05, 3.63) is 70.9 Å². The number of fused-ring (bicyclic) bond motifs is 1. The summed E-state index contributed by atoms with van der Waals surface area (Å²) in [4.78, 5) is 39.5. The number of carbonyl (C=O) groups is 3. The van der Waals surface area contributed by atoms with Crippen LogP contribution in [0.15, 0.2) is 59.3 Å². The highest BCUT2D eigenvalue weighted by Gasteiger charge is 2.56. The van der Waals surface area contributed by atoms with E-state index in [2.05, 4.69) is 10.5 Å². The zero-order valence-electron chi connectivity index (χ0n) is 18.6. The van der Waals surface area contributed by atoms with E-state index in [1.165, 1.54) is 13.2 Å². The van der Waals surface area contributed by atoms with Crippen molar-refractivity contribution in [1.82, 2.24) is 15.4 Å². The quantitative estimate of drug-likeness (QED) is 0.440. The summed E-state index contributed by atoms with van der Waals surface area (Å²) in [5, 5.41) is 7.30. The predicted molar refractivity (Wildman–Crippen MR) is 123 cm³/mol. The highest BCUT2D eigenvalue weighted by Crippen LogP contribution is 2.52. The molecule has 3 atom stereocenters. The summed E-state index contributed by atoms with van der Waals surface area (Å²) < 4.78 is 10.9. The maximum atomic E-state index is 13.2. The molecule has 174 valence electrons. The molecule has 3 unspecified atom stereocenters. The van der Waals surface area contributed by atoms with Crippen LogP contribution >= 0.6 is 11.6 Å². The van der Waals surface area contributed by atoms with Gasteiger partial charge in [-0.05, 0) is 18.6 Å². The van der Waals surface area contributed by atoms with E-state index in [0.29, 0.717) is 34.7 Å². The minimum absolute atomic E-state index is 0.0727. The number of rotatable bonds is 4. The van der Waals surface area contributed by atoms with Gasteiger partial charge in [0.2, 0.25) is 11.8 Å². The lowest BCUT2D eigenvalue weighted by molar-refractivity contribution is -0.133. The van der Waals surface area contributed by atoms with E-state index in [0.717, 1.165) is 0 Å². The number of halogens is 1. The molecule has 8 nitrogen and oxygen atoms in total. The average Bonchev–Trinajstić information content (AvgIpc) is 3.45. The minimum Gasteiger partial charge on any atom is -0.422 e. The zero-order chi connectivity index (χ0) is 24.0. The molecule has 2 fully saturated rings. The van der Waals surface area contributed by atoms with Gasteiger partial charge >= 0.3 is 5.97 Å². The van der Waals surface area contributed by atoms with E-state index in [-0.39, 0.29) is 29.1 Å². The van der Waals surface area contributed by atoms with Crippen LogP contribution < -0.4 is 10.1 Å².